The third-order valence-corrected chi connectivity index (χ3v) is 3.44. The van der Waals surface area contributed by atoms with Gasteiger partial charge in [0.25, 0.3) is 0 Å². The third-order valence-electron chi connectivity index (χ3n) is 3.44. The highest BCUT2D eigenvalue weighted by Gasteiger charge is 2.06. The summed E-state index contributed by atoms with van der Waals surface area (Å²) in [5, 5.41) is 3.34. The monoisotopic (exact) mass is 263 g/mol. The smallest absolute Gasteiger partial charge is 0.212 e. The Kier molecular flexibility index (Phi) is 3.25. The molecule has 0 aliphatic heterocycles. The van der Waals surface area contributed by atoms with Crippen LogP contribution in [0.15, 0.2) is 60.9 Å². The van der Waals surface area contributed by atoms with E-state index in [2.05, 4.69) is 46.9 Å². The minimum Gasteiger partial charge on any atom is -0.325 e. The Morgan fingerprint density at radius 1 is 0.950 bits per heavy atom. The molecule has 2 aromatic carbocycles. The number of aryl methyl sites for hydroxylation is 2. The molecule has 0 aliphatic carbocycles. The standard InChI is InChI=1S/C17H17N3/c1-13-8-9-16(12-14(13)2)20-11-10-18-17(20)19-15-6-4-3-5-7-15/h3-12H,1-2H3,(H,18,19). The number of benzene rings is 2. The van der Waals surface area contributed by atoms with E-state index >= 15 is 0 Å². The van der Waals surface area contributed by atoms with Gasteiger partial charge in [-0.25, -0.2) is 4.98 Å². The van der Waals surface area contributed by atoms with Crippen LogP contribution in [0.3, 0.4) is 0 Å². The molecule has 0 atom stereocenters. The van der Waals surface area contributed by atoms with Crippen molar-refractivity contribution in [2.24, 2.45) is 0 Å². The second-order valence-electron chi connectivity index (χ2n) is 4.88. The van der Waals surface area contributed by atoms with Gasteiger partial charge < -0.3 is 5.32 Å². The summed E-state index contributed by atoms with van der Waals surface area (Å²) in [5.74, 6) is 0.819. The van der Waals surface area contributed by atoms with Crippen LogP contribution in [0.5, 0.6) is 0 Å². The van der Waals surface area contributed by atoms with Gasteiger partial charge in [-0.15, -0.1) is 0 Å². The Balaban J connectivity index is 1.95. The van der Waals surface area contributed by atoms with Gasteiger partial charge in [-0.1, -0.05) is 24.3 Å². The quantitative estimate of drug-likeness (QED) is 0.766. The Morgan fingerprint density at radius 2 is 1.75 bits per heavy atom. The number of para-hydroxylation sites is 1. The SMILES string of the molecule is Cc1ccc(-n2ccnc2Nc2ccccc2)cc1C. The van der Waals surface area contributed by atoms with Crippen LogP contribution in [0.2, 0.25) is 0 Å². The number of hydrogen-bond donors (Lipinski definition) is 1. The van der Waals surface area contributed by atoms with Crippen molar-refractivity contribution in [1.82, 2.24) is 9.55 Å². The van der Waals surface area contributed by atoms with Crippen molar-refractivity contribution in [3.05, 3.63) is 72.1 Å². The molecular formula is C17H17N3. The molecule has 0 aliphatic rings. The molecule has 3 rings (SSSR count). The van der Waals surface area contributed by atoms with Crippen molar-refractivity contribution >= 4 is 11.6 Å². The van der Waals surface area contributed by atoms with Crippen molar-refractivity contribution in [2.75, 3.05) is 5.32 Å². The number of aromatic nitrogens is 2. The summed E-state index contributed by atoms with van der Waals surface area (Å²) in [5.41, 5.74) is 4.72. The van der Waals surface area contributed by atoms with E-state index in [0.29, 0.717) is 0 Å². The zero-order chi connectivity index (χ0) is 13.9. The average molecular weight is 263 g/mol. The highest BCUT2D eigenvalue weighted by atomic mass is 15.2. The van der Waals surface area contributed by atoms with E-state index in [1.807, 2.05) is 36.5 Å². The molecule has 3 heteroatoms. The second-order valence-corrected chi connectivity index (χ2v) is 4.88. The number of anilines is 2. The van der Waals surface area contributed by atoms with Crippen LogP contribution in [0.25, 0.3) is 5.69 Å². The van der Waals surface area contributed by atoms with E-state index in [1.165, 1.54) is 11.1 Å². The summed E-state index contributed by atoms with van der Waals surface area (Å²) in [6.07, 6.45) is 3.77. The van der Waals surface area contributed by atoms with Gasteiger partial charge in [0.05, 0.1) is 0 Å². The summed E-state index contributed by atoms with van der Waals surface area (Å²) in [4.78, 5) is 4.39. The van der Waals surface area contributed by atoms with E-state index in [1.54, 1.807) is 6.20 Å². The van der Waals surface area contributed by atoms with Gasteiger partial charge in [0.15, 0.2) is 0 Å². The molecule has 0 amide bonds. The molecule has 0 unspecified atom stereocenters. The first-order valence-corrected chi connectivity index (χ1v) is 6.67. The zero-order valence-electron chi connectivity index (χ0n) is 11.7. The minimum absolute atomic E-state index is 0.819. The Hall–Kier alpha value is -2.55. The lowest BCUT2D eigenvalue weighted by Gasteiger charge is -2.11. The lowest BCUT2D eigenvalue weighted by Crippen LogP contribution is -2.01. The summed E-state index contributed by atoms with van der Waals surface area (Å²) in [6.45, 7) is 4.25. The van der Waals surface area contributed by atoms with Gasteiger partial charge in [-0.05, 0) is 49.2 Å². The average Bonchev–Trinajstić information content (AvgIpc) is 2.91. The molecule has 1 N–H and O–H groups in total. The normalized spacial score (nSPS) is 10.5. The first-order chi connectivity index (χ1) is 9.74. The van der Waals surface area contributed by atoms with Crippen LogP contribution in [-0.4, -0.2) is 9.55 Å². The molecule has 0 radical (unpaired) electrons. The van der Waals surface area contributed by atoms with Gasteiger partial charge in [-0.3, -0.25) is 4.57 Å². The van der Waals surface area contributed by atoms with Gasteiger partial charge in [0, 0.05) is 23.8 Å². The highest BCUT2D eigenvalue weighted by molar-refractivity contribution is 5.56. The van der Waals surface area contributed by atoms with Gasteiger partial charge in [0.2, 0.25) is 5.95 Å². The number of nitrogens with one attached hydrogen (secondary N) is 1. The lowest BCUT2D eigenvalue weighted by molar-refractivity contribution is 1.06. The van der Waals surface area contributed by atoms with Crippen molar-refractivity contribution in [3.8, 4) is 5.69 Å². The van der Waals surface area contributed by atoms with Crippen molar-refractivity contribution in [2.45, 2.75) is 13.8 Å². The molecule has 20 heavy (non-hydrogen) atoms. The first kappa shape index (κ1) is 12.5. The molecule has 0 saturated heterocycles. The molecular weight excluding hydrogens is 246 g/mol. The maximum absolute atomic E-state index is 4.39. The molecule has 3 aromatic rings. The van der Waals surface area contributed by atoms with Crippen molar-refractivity contribution < 1.29 is 0 Å². The maximum Gasteiger partial charge on any atom is 0.212 e. The van der Waals surface area contributed by atoms with E-state index in [4.69, 9.17) is 0 Å². The van der Waals surface area contributed by atoms with Gasteiger partial charge in [-0.2, -0.15) is 0 Å². The first-order valence-electron chi connectivity index (χ1n) is 6.67. The fourth-order valence-electron chi connectivity index (χ4n) is 2.13. The number of nitrogens with zero attached hydrogens (tertiary/aromatic N) is 2. The number of rotatable bonds is 3. The van der Waals surface area contributed by atoms with Crippen molar-refractivity contribution in [3.63, 3.8) is 0 Å². The Labute approximate surface area is 118 Å². The van der Waals surface area contributed by atoms with Crippen LogP contribution in [0, 0.1) is 13.8 Å². The molecule has 0 spiro atoms. The molecule has 100 valence electrons. The van der Waals surface area contributed by atoms with Gasteiger partial charge >= 0.3 is 0 Å². The Bertz CT molecular complexity index is 714. The molecule has 0 fully saturated rings. The van der Waals surface area contributed by atoms with E-state index < -0.39 is 0 Å². The summed E-state index contributed by atoms with van der Waals surface area (Å²) in [7, 11) is 0. The van der Waals surface area contributed by atoms with E-state index in [0.717, 1.165) is 17.3 Å². The largest absolute Gasteiger partial charge is 0.325 e. The molecule has 1 aromatic heterocycles. The van der Waals surface area contributed by atoms with Crippen LogP contribution in [0.1, 0.15) is 11.1 Å². The Morgan fingerprint density at radius 3 is 2.50 bits per heavy atom. The van der Waals surface area contributed by atoms with Crippen LogP contribution < -0.4 is 5.32 Å². The molecule has 0 saturated carbocycles. The van der Waals surface area contributed by atoms with Crippen LogP contribution in [0.4, 0.5) is 11.6 Å². The molecule has 1 heterocycles. The predicted molar refractivity (Wildman–Crippen MR) is 82.8 cm³/mol. The van der Waals surface area contributed by atoms with Crippen LogP contribution >= 0.6 is 0 Å². The highest BCUT2D eigenvalue weighted by Crippen LogP contribution is 2.20. The van der Waals surface area contributed by atoms with Crippen LogP contribution in [-0.2, 0) is 0 Å². The zero-order valence-corrected chi connectivity index (χ0v) is 11.7. The summed E-state index contributed by atoms with van der Waals surface area (Å²) >= 11 is 0. The summed E-state index contributed by atoms with van der Waals surface area (Å²) < 4.78 is 2.06. The van der Waals surface area contributed by atoms with Crippen molar-refractivity contribution in [1.29, 1.82) is 0 Å². The topological polar surface area (TPSA) is 29.9 Å². The predicted octanol–water partition coefficient (Wildman–Crippen LogP) is 4.23. The minimum atomic E-state index is 0.819. The number of imidazole rings is 1. The van der Waals surface area contributed by atoms with E-state index in [9.17, 15) is 0 Å². The number of hydrogen-bond acceptors (Lipinski definition) is 2. The maximum atomic E-state index is 4.39. The fourth-order valence-corrected chi connectivity index (χ4v) is 2.13. The third kappa shape index (κ3) is 2.43. The summed E-state index contributed by atoms with van der Waals surface area (Å²) in [6, 6.07) is 16.5. The molecule has 0 bridgehead atoms. The lowest BCUT2D eigenvalue weighted by atomic mass is 10.1. The molecule has 3 nitrogen and oxygen atoms in total. The van der Waals surface area contributed by atoms with E-state index in [-0.39, 0.29) is 0 Å². The fraction of sp³-hybridized carbons (Fsp3) is 0.118. The second kappa shape index (κ2) is 5.21. The van der Waals surface area contributed by atoms with Gasteiger partial charge in [0.1, 0.15) is 0 Å².